The molecule has 7 nitrogen and oxygen atoms in total. The van der Waals surface area contributed by atoms with Crippen LogP contribution in [0.25, 0.3) is 0 Å². The molecule has 1 aliphatic rings. The maximum atomic E-state index is 11.5. The van der Waals surface area contributed by atoms with Crippen molar-refractivity contribution in [1.82, 2.24) is 20.1 Å². The molecule has 21 heavy (non-hydrogen) atoms. The lowest BCUT2D eigenvalue weighted by atomic mass is 10.1. The number of carbonyl (C=O) groups is 1. The first-order chi connectivity index (χ1) is 9.82. The number of carbonyl (C=O) groups excluding carboxylic acids is 1. The Kier molecular flexibility index (Phi) is 4.92. The van der Waals surface area contributed by atoms with E-state index in [1.54, 1.807) is 14.0 Å². The lowest BCUT2D eigenvalue weighted by molar-refractivity contribution is -0.119. The predicted octanol–water partition coefficient (Wildman–Crippen LogP) is 0.0189. The van der Waals surface area contributed by atoms with E-state index in [-0.39, 0.29) is 28.6 Å². The lowest BCUT2D eigenvalue weighted by Crippen LogP contribution is -2.27. The molecule has 0 saturated carbocycles. The second kappa shape index (κ2) is 6.35. The highest BCUT2D eigenvalue weighted by Crippen LogP contribution is 2.25. The van der Waals surface area contributed by atoms with Crippen LogP contribution in [0.4, 0.5) is 0 Å². The van der Waals surface area contributed by atoms with Crippen molar-refractivity contribution in [1.29, 1.82) is 0 Å². The van der Waals surface area contributed by atoms with Crippen LogP contribution in [0.1, 0.15) is 19.2 Å². The van der Waals surface area contributed by atoms with Gasteiger partial charge in [-0.3, -0.25) is 4.79 Å². The van der Waals surface area contributed by atoms with Gasteiger partial charge in [-0.15, -0.1) is 10.2 Å². The quantitative estimate of drug-likeness (QED) is 0.764. The standard InChI is InChI=1S/C12H20N4O3S2/c1-8(11(17)13-2)20-12-15-14-10(16(12)3)6-9-4-5-21(18,19)7-9/h8-9H,4-7H2,1-3H3,(H,13,17)/t8-,9+/m0/s1. The molecule has 1 aromatic heterocycles. The van der Waals surface area contributed by atoms with Gasteiger partial charge in [0, 0.05) is 20.5 Å². The zero-order valence-corrected chi connectivity index (χ0v) is 14.0. The summed E-state index contributed by atoms with van der Waals surface area (Å²) in [6.07, 6.45) is 1.30. The molecule has 0 unspecified atom stereocenters. The van der Waals surface area contributed by atoms with Crippen LogP contribution in [-0.4, -0.2) is 52.9 Å². The van der Waals surface area contributed by atoms with Crippen LogP contribution in [0, 0.1) is 5.92 Å². The second-order valence-corrected chi connectivity index (χ2v) is 8.84. The highest BCUT2D eigenvalue weighted by Gasteiger charge is 2.29. The molecule has 1 N–H and O–H groups in total. The van der Waals surface area contributed by atoms with Crippen LogP contribution >= 0.6 is 11.8 Å². The molecular formula is C12H20N4O3S2. The van der Waals surface area contributed by atoms with E-state index in [1.165, 1.54) is 11.8 Å². The van der Waals surface area contributed by atoms with Crippen molar-refractivity contribution >= 4 is 27.5 Å². The molecule has 118 valence electrons. The summed E-state index contributed by atoms with van der Waals surface area (Å²) in [6, 6.07) is 0. The van der Waals surface area contributed by atoms with E-state index in [0.29, 0.717) is 18.0 Å². The Bertz CT molecular complexity index is 626. The number of sulfone groups is 1. The molecule has 1 aromatic rings. The third-order valence-electron chi connectivity index (χ3n) is 3.62. The summed E-state index contributed by atoms with van der Waals surface area (Å²) in [5.41, 5.74) is 0. The first-order valence-corrected chi connectivity index (χ1v) is 9.49. The van der Waals surface area contributed by atoms with E-state index >= 15 is 0 Å². The van der Waals surface area contributed by atoms with Gasteiger partial charge < -0.3 is 9.88 Å². The SMILES string of the molecule is CNC(=O)[C@H](C)Sc1nnc(C[C@H]2CCS(=O)(=O)C2)n1C. The van der Waals surface area contributed by atoms with Gasteiger partial charge in [0.2, 0.25) is 5.91 Å². The Morgan fingerprint density at radius 3 is 2.81 bits per heavy atom. The van der Waals surface area contributed by atoms with Crippen molar-refractivity contribution in [2.24, 2.45) is 13.0 Å². The van der Waals surface area contributed by atoms with Crippen LogP contribution in [-0.2, 0) is 28.1 Å². The number of nitrogens with one attached hydrogen (secondary N) is 1. The topological polar surface area (TPSA) is 94.0 Å². The van der Waals surface area contributed by atoms with Crippen LogP contribution in [0.15, 0.2) is 5.16 Å². The van der Waals surface area contributed by atoms with E-state index in [9.17, 15) is 13.2 Å². The van der Waals surface area contributed by atoms with E-state index in [2.05, 4.69) is 15.5 Å². The molecule has 0 radical (unpaired) electrons. The van der Waals surface area contributed by atoms with E-state index in [4.69, 9.17) is 0 Å². The number of rotatable bonds is 5. The fraction of sp³-hybridized carbons (Fsp3) is 0.750. The number of hydrogen-bond donors (Lipinski definition) is 1. The Hall–Kier alpha value is -1.09. The first kappa shape index (κ1) is 16.3. The maximum Gasteiger partial charge on any atom is 0.233 e. The molecule has 1 amide bonds. The van der Waals surface area contributed by atoms with Gasteiger partial charge in [0.15, 0.2) is 15.0 Å². The molecule has 0 spiro atoms. The molecule has 2 heterocycles. The minimum atomic E-state index is -2.87. The second-order valence-electron chi connectivity index (χ2n) is 5.31. The Labute approximate surface area is 128 Å². The molecule has 1 saturated heterocycles. The summed E-state index contributed by atoms with van der Waals surface area (Å²) in [4.78, 5) is 11.5. The van der Waals surface area contributed by atoms with Crippen LogP contribution < -0.4 is 5.32 Å². The largest absolute Gasteiger partial charge is 0.358 e. The molecule has 9 heteroatoms. The fourth-order valence-corrected chi connectivity index (χ4v) is 5.09. The summed E-state index contributed by atoms with van der Waals surface area (Å²) in [5.74, 6) is 1.32. The van der Waals surface area contributed by atoms with E-state index in [0.717, 1.165) is 5.82 Å². The molecule has 1 fully saturated rings. The summed E-state index contributed by atoms with van der Waals surface area (Å²) in [5, 5.41) is 11.2. The fourth-order valence-electron chi connectivity index (χ4n) is 2.33. The molecule has 2 atom stereocenters. The van der Waals surface area contributed by atoms with Crippen LogP contribution in [0.5, 0.6) is 0 Å². The number of amides is 1. The normalized spacial score (nSPS) is 22.1. The first-order valence-electron chi connectivity index (χ1n) is 6.79. The zero-order valence-electron chi connectivity index (χ0n) is 12.4. The van der Waals surface area contributed by atoms with Gasteiger partial charge in [0.25, 0.3) is 0 Å². The average molecular weight is 332 g/mol. The van der Waals surface area contributed by atoms with E-state index in [1.807, 2.05) is 11.6 Å². The summed E-state index contributed by atoms with van der Waals surface area (Å²) < 4.78 is 24.8. The Balaban J connectivity index is 2.02. The molecule has 2 rings (SSSR count). The Morgan fingerprint density at radius 1 is 1.52 bits per heavy atom. The van der Waals surface area contributed by atoms with Crippen molar-refractivity contribution in [3.8, 4) is 0 Å². The van der Waals surface area contributed by atoms with Gasteiger partial charge in [-0.2, -0.15) is 0 Å². The molecular weight excluding hydrogens is 312 g/mol. The molecule has 0 bridgehead atoms. The van der Waals surface area contributed by atoms with Crippen LogP contribution in [0.3, 0.4) is 0 Å². The zero-order chi connectivity index (χ0) is 15.6. The van der Waals surface area contributed by atoms with Crippen molar-refractivity contribution in [3.63, 3.8) is 0 Å². The number of thioether (sulfide) groups is 1. The molecule has 0 aliphatic carbocycles. The van der Waals surface area contributed by atoms with Crippen molar-refractivity contribution in [2.75, 3.05) is 18.6 Å². The number of hydrogen-bond acceptors (Lipinski definition) is 6. The Morgan fingerprint density at radius 2 is 2.24 bits per heavy atom. The third kappa shape index (κ3) is 3.97. The summed E-state index contributed by atoms with van der Waals surface area (Å²) in [7, 11) is 0.573. The molecule has 0 aromatic carbocycles. The number of nitrogens with zero attached hydrogens (tertiary/aromatic N) is 3. The van der Waals surface area contributed by atoms with Gasteiger partial charge in [-0.05, 0) is 19.3 Å². The lowest BCUT2D eigenvalue weighted by Gasteiger charge is -2.10. The maximum absolute atomic E-state index is 11.5. The summed E-state index contributed by atoms with van der Waals surface area (Å²) in [6.45, 7) is 1.81. The van der Waals surface area contributed by atoms with Gasteiger partial charge in [-0.1, -0.05) is 11.8 Å². The minimum Gasteiger partial charge on any atom is -0.358 e. The van der Waals surface area contributed by atoms with Gasteiger partial charge in [0.05, 0.1) is 16.8 Å². The average Bonchev–Trinajstić information content (AvgIpc) is 2.94. The highest BCUT2D eigenvalue weighted by molar-refractivity contribution is 8.00. The highest BCUT2D eigenvalue weighted by atomic mass is 32.2. The number of aromatic nitrogens is 3. The monoisotopic (exact) mass is 332 g/mol. The van der Waals surface area contributed by atoms with Gasteiger partial charge in [0.1, 0.15) is 5.82 Å². The minimum absolute atomic E-state index is 0.0635. The van der Waals surface area contributed by atoms with Gasteiger partial charge in [-0.25, -0.2) is 8.42 Å². The molecule has 1 aliphatic heterocycles. The van der Waals surface area contributed by atoms with Crippen LogP contribution in [0.2, 0.25) is 0 Å². The van der Waals surface area contributed by atoms with E-state index < -0.39 is 9.84 Å². The van der Waals surface area contributed by atoms with Crippen molar-refractivity contribution in [3.05, 3.63) is 5.82 Å². The summed E-state index contributed by atoms with van der Waals surface area (Å²) >= 11 is 1.34. The smallest absolute Gasteiger partial charge is 0.233 e. The third-order valence-corrected chi connectivity index (χ3v) is 6.59. The predicted molar refractivity (Wildman–Crippen MR) is 80.9 cm³/mol. The van der Waals surface area contributed by atoms with Gasteiger partial charge >= 0.3 is 0 Å². The van der Waals surface area contributed by atoms with Crippen molar-refractivity contribution in [2.45, 2.75) is 30.2 Å². The van der Waals surface area contributed by atoms with Crippen molar-refractivity contribution < 1.29 is 13.2 Å².